The summed E-state index contributed by atoms with van der Waals surface area (Å²) in [5, 5.41) is 0.648. The molecule has 0 N–H and O–H groups in total. The van der Waals surface area contributed by atoms with E-state index < -0.39 is 6.09 Å². The molecule has 1 rings (SSSR count). The third-order valence-electron chi connectivity index (χ3n) is 2.72. The van der Waals surface area contributed by atoms with Crippen LogP contribution in [-0.4, -0.2) is 23.1 Å². The molecule has 0 heterocycles. The summed E-state index contributed by atoms with van der Waals surface area (Å²) in [7, 11) is 0. The molecule has 0 spiro atoms. The second kappa shape index (κ2) is 7.75. The van der Waals surface area contributed by atoms with Gasteiger partial charge in [0.05, 0.1) is 0 Å². The second-order valence-corrected chi connectivity index (χ2v) is 5.58. The molecule has 0 aliphatic carbocycles. The Morgan fingerprint density at radius 1 is 1.19 bits per heavy atom. The van der Waals surface area contributed by atoms with Gasteiger partial charge < -0.3 is 9.64 Å². The van der Waals surface area contributed by atoms with Crippen molar-refractivity contribution in [2.75, 3.05) is 0 Å². The van der Waals surface area contributed by atoms with E-state index in [1.165, 1.54) is 0 Å². The maximum absolute atomic E-state index is 12.1. The van der Waals surface area contributed by atoms with Crippen molar-refractivity contribution < 1.29 is 9.53 Å². The van der Waals surface area contributed by atoms with Crippen LogP contribution in [0.15, 0.2) is 36.6 Å². The molecule has 4 heteroatoms. The van der Waals surface area contributed by atoms with Crippen molar-refractivity contribution in [2.45, 2.75) is 39.8 Å². The molecule has 0 bridgehead atoms. The Morgan fingerprint density at radius 2 is 1.71 bits per heavy atom. The Labute approximate surface area is 131 Å². The minimum atomic E-state index is -0.435. The molecule has 1 aromatic rings. The van der Waals surface area contributed by atoms with Crippen molar-refractivity contribution in [1.82, 2.24) is 4.90 Å². The van der Waals surface area contributed by atoms with Crippen LogP contribution in [0.1, 0.15) is 33.3 Å². The average Bonchev–Trinajstić information content (AvgIpc) is 2.37. The minimum absolute atomic E-state index is 0.0505. The number of carbonyl (C=O) groups is 1. The molecule has 0 saturated carbocycles. The predicted octanol–water partition coefficient (Wildman–Crippen LogP) is 4.46. The summed E-state index contributed by atoms with van der Waals surface area (Å²) in [5.74, 6) is 5.72. The summed E-state index contributed by atoms with van der Waals surface area (Å²) in [5.41, 5.74) is 0.779. The molecule has 3 nitrogen and oxygen atoms in total. The molecule has 0 saturated heterocycles. The van der Waals surface area contributed by atoms with Crippen molar-refractivity contribution in [3.63, 3.8) is 0 Å². The number of carbonyl (C=O) groups excluding carboxylic acids is 1. The monoisotopic (exact) mass is 305 g/mol. The Bertz CT molecular complexity index is 557. The van der Waals surface area contributed by atoms with Gasteiger partial charge in [0.15, 0.2) is 5.76 Å². The van der Waals surface area contributed by atoms with Crippen LogP contribution in [0.2, 0.25) is 5.02 Å². The summed E-state index contributed by atoms with van der Waals surface area (Å²) in [4.78, 5) is 13.7. The lowest BCUT2D eigenvalue weighted by Crippen LogP contribution is -2.42. The first kappa shape index (κ1) is 17.1. The number of nitrogens with zero attached hydrogens (tertiary/aromatic N) is 1. The number of allylic oxidation sites excluding steroid dienone is 1. The van der Waals surface area contributed by atoms with E-state index in [-0.39, 0.29) is 17.8 Å². The fourth-order valence-corrected chi connectivity index (χ4v) is 2.00. The van der Waals surface area contributed by atoms with Gasteiger partial charge in [0.25, 0.3) is 0 Å². The average molecular weight is 306 g/mol. The van der Waals surface area contributed by atoms with Crippen LogP contribution in [0.4, 0.5) is 4.79 Å². The van der Waals surface area contributed by atoms with E-state index in [2.05, 4.69) is 18.4 Å². The lowest BCUT2D eigenvalue weighted by molar-refractivity contribution is 0.105. The van der Waals surface area contributed by atoms with Gasteiger partial charge in [-0.2, -0.15) is 0 Å². The Balaban J connectivity index is 2.69. The standard InChI is InChI=1S/C17H20ClNO2/c1-12(2)19(13(3)4)17(20)21-14(5)6-7-15-8-10-16(18)11-9-15/h8-13H,5H2,1-4H3. The van der Waals surface area contributed by atoms with Gasteiger partial charge in [0.2, 0.25) is 0 Å². The lowest BCUT2D eigenvalue weighted by atomic mass is 10.2. The second-order valence-electron chi connectivity index (χ2n) is 5.14. The van der Waals surface area contributed by atoms with Crippen molar-refractivity contribution >= 4 is 17.7 Å². The first-order chi connectivity index (χ1) is 9.81. The van der Waals surface area contributed by atoms with Gasteiger partial charge in [-0.1, -0.05) is 17.5 Å². The molecule has 1 aromatic carbocycles. The molecule has 0 aliphatic rings. The molecule has 112 valence electrons. The molecule has 1 amide bonds. The molecule has 0 unspecified atom stereocenters. The summed E-state index contributed by atoms with van der Waals surface area (Å²) in [6, 6.07) is 7.18. The third kappa shape index (κ3) is 5.53. The number of halogens is 1. The van der Waals surface area contributed by atoms with Crippen molar-refractivity contribution in [1.29, 1.82) is 0 Å². The van der Waals surface area contributed by atoms with Crippen molar-refractivity contribution in [3.8, 4) is 11.8 Å². The van der Waals surface area contributed by atoms with Gasteiger partial charge in [-0.3, -0.25) is 0 Å². The molecule has 0 radical (unpaired) electrons. The molecular formula is C17H20ClNO2. The van der Waals surface area contributed by atoms with E-state index in [9.17, 15) is 4.79 Å². The number of benzene rings is 1. The van der Waals surface area contributed by atoms with Crippen LogP contribution in [0.5, 0.6) is 0 Å². The highest BCUT2D eigenvalue weighted by Crippen LogP contribution is 2.10. The number of hydrogen-bond donors (Lipinski definition) is 0. The zero-order valence-electron chi connectivity index (χ0n) is 12.8. The lowest BCUT2D eigenvalue weighted by Gasteiger charge is -2.29. The van der Waals surface area contributed by atoms with Crippen LogP contribution < -0.4 is 0 Å². The Kier molecular flexibility index (Phi) is 6.33. The molecule has 0 fully saturated rings. The van der Waals surface area contributed by atoms with Crippen LogP contribution in [0, 0.1) is 11.8 Å². The topological polar surface area (TPSA) is 29.5 Å². The molecular weight excluding hydrogens is 286 g/mol. The molecule has 0 atom stereocenters. The number of hydrogen-bond acceptors (Lipinski definition) is 2. The highest BCUT2D eigenvalue weighted by Gasteiger charge is 2.21. The molecule has 0 aliphatic heterocycles. The number of amides is 1. The maximum atomic E-state index is 12.1. The zero-order valence-corrected chi connectivity index (χ0v) is 13.6. The summed E-state index contributed by atoms with van der Waals surface area (Å²) < 4.78 is 5.17. The van der Waals surface area contributed by atoms with Gasteiger partial charge in [-0.05, 0) is 64.5 Å². The quantitative estimate of drug-likeness (QED) is 0.609. The van der Waals surface area contributed by atoms with Crippen LogP contribution in [-0.2, 0) is 4.74 Å². The van der Waals surface area contributed by atoms with E-state index in [1.807, 2.05) is 27.7 Å². The van der Waals surface area contributed by atoms with Crippen molar-refractivity contribution in [3.05, 3.63) is 47.2 Å². The van der Waals surface area contributed by atoms with Crippen LogP contribution in [0.25, 0.3) is 0 Å². The van der Waals surface area contributed by atoms with E-state index >= 15 is 0 Å². The Morgan fingerprint density at radius 3 is 2.19 bits per heavy atom. The molecule has 21 heavy (non-hydrogen) atoms. The summed E-state index contributed by atoms with van der Waals surface area (Å²) in [6.45, 7) is 11.4. The normalized spacial score (nSPS) is 10.0. The zero-order chi connectivity index (χ0) is 16.0. The molecule has 0 aromatic heterocycles. The first-order valence-electron chi connectivity index (χ1n) is 6.78. The number of ether oxygens (including phenoxy) is 1. The van der Waals surface area contributed by atoms with Crippen molar-refractivity contribution in [2.24, 2.45) is 0 Å². The van der Waals surface area contributed by atoms with Crippen LogP contribution in [0.3, 0.4) is 0 Å². The third-order valence-corrected chi connectivity index (χ3v) is 2.98. The van der Waals surface area contributed by atoms with E-state index in [1.54, 1.807) is 29.2 Å². The van der Waals surface area contributed by atoms with Gasteiger partial charge in [0.1, 0.15) is 0 Å². The number of rotatable bonds is 3. The van der Waals surface area contributed by atoms with Gasteiger partial charge in [0, 0.05) is 22.7 Å². The highest BCUT2D eigenvalue weighted by molar-refractivity contribution is 6.30. The van der Waals surface area contributed by atoms with E-state index in [0.717, 1.165) is 5.56 Å². The summed E-state index contributed by atoms with van der Waals surface area (Å²) >= 11 is 5.80. The first-order valence-corrected chi connectivity index (χ1v) is 7.15. The maximum Gasteiger partial charge on any atom is 0.416 e. The van der Waals surface area contributed by atoms with Gasteiger partial charge in [-0.15, -0.1) is 0 Å². The summed E-state index contributed by atoms with van der Waals surface area (Å²) in [6.07, 6.45) is -0.435. The van der Waals surface area contributed by atoms with Gasteiger partial charge >= 0.3 is 6.09 Å². The minimum Gasteiger partial charge on any atom is -0.402 e. The van der Waals surface area contributed by atoms with Crippen LogP contribution >= 0.6 is 11.6 Å². The largest absolute Gasteiger partial charge is 0.416 e. The van der Waals surface area contributed by atoms with Gasteiger partial charge in [-0.25, -0.2) is 4.79 Å². The fraction of sp³-hybridized carbons (Fsp3) is 0.353. The predicted molar refractivity (Wildman–Crippen MR) is 86.1 cm³/mol. The highest BCUT2D eigenvalue weighted by atomic mass is 35.5. The smallest absolute Gasteiger partial charge is 0.402 e. The van der Waals surface area contributed by atoms with E-state index in [4.69, 9.17) is 16.3 Å². The Hall–Kier alpha value is -1.92. The van der Waals surface area contributed by atoms with E-state index in [0.29, 0.717) is 5.02 Å². The fourth-order valence-electron chi connectivity index (χ4n) is 1.88. The SMILES string of the molecule is C=C(C#Cc1ccc(Cl)cc1)OC(=O)N(C(C)C)C(C)C.